The van der Waals surface area contributed by atoms with Gasteiger partial charge in [0.25, 0.3) is 0 Å². The number of carbonyl (C=O) groups is 1. The molecule has 1 amide bonds. The number of rotatable bonds is 3. The zero-order valence-corrected chi connectivity index (χ0v) is 10.9. The van der Waals surface area contributed by atoms with E-state index in [0.717, 1.165) is 19.4 Å². The molecule has 0 aliphatic carbocycles. The van der Waals surface area contributed by atoms with E-state index >= 15 is 0 Å². The molecule has 2 heterocycles. The van der Waals surface area contributed by atoms with E-state index in [1.165, 1.54) is 0 Å². The lowest BCUT2D eigenvalue weighted by Crippen LogP contribution is -2.41. The van der Waals surface area contributed by atoms with Crippen LogP contribution >= 0.6 is 0 Å². The first kappa shape index (κ1) is 12.5. The van der Waals surface area contributed by atoms with E-state index in [4.69, 9.17) is 5.73 Å². The average molecular weight is 250 g/mol. The Kier molecular flexibility index (Phi) is 3.31. The van der Waals surface area contributed by atoms with Gasteiger partial charge in [-0.15, -0.1) is 0 Å². The minimum atomic E-state index is -0.322. The van der Waals surface area contributed by atoms with E-state index in [0.29, 0.717) is 17.7 Å². The number of anilines is 2. The zero-order valence-electron chi connectivity index (χ0n) is 10.9. The predicted molar refractivity (Wildman–Crippen MR) is 68.5 cm³/mol. The number of aromatic nitrogens is 3. The molecule has 1 unspecified atom stereocenters. The smallest absolute Gasteiger partial charge is 0.240 e. The van der Waals surface area contributed by atoms with Gasteiger partial charge in [0.05, 0.1) is 0 Å². The van der Waals surface area contributed by atoms with Crippen LogP contribution in [0.1, 0.15) is 18.7 Å². The van der Waals surface area contributed by atoms with Gasteiger partial charge in [-0.2, -0.15) is 15.0 Å². The Morgan fingerprint density at radius 2 is 2.11 bits per heavy atom. The zero-order chi connectivity index (χ0) is 13.3. The Bertz CT molecular complexity index is 461. The quantitative estimate of drug-likeness (QED) is 0.792. The van der Waals surface area contributed by atoms with Crippen molar-refractivity contribution < 1.29 is 4.79 Å². The van der Waals surface area contributed by atoms with Gasteiger partial charge in [0, 0.05) is 20.6 Å². The third-order valence-electron chi connectivity index (χ3n) is 2.96. The topological polar surface area (TPSA) is 88.2 Å². The summed E-state index contributed by atoms with van der Waals surface area (Å²) in [6, 6.07) is -0.304. The van der Waals surface area contributed by atoms with Crippen LogP contribution in [-0.4, -0.2) is 47.5 Å². The third-order valence-corrected chi connectivity index (χ3v) is 2.96. The van der Waals surface area contributed by atoms with Crippen LogP contribution in [0, 0.1) is 6.92 Å². The first-order valence-corrected chi connectivity index (χ1v) is 5.95. The van der Waals surface area contributed by atoms with Crippen molar-refractivity contribution >= 4 is 17.8 Å². The molecule has 0 spiro atoms. The summed E-state index contributed by atoms with van der Waals surface area (Å²) in [4.78, 5) is 28.0. The largest absolute Gasteiger partial charge is 0.368 e. The Balaban J connectivity index is 2.35. The molecule has 1 saturated heterocycles. The molecule has 0 bridgehead atoms. The van der Waals surface area contributed by atoms with Gasteiger partial charge in [-0.05, 0) is 19.8 Å². The van der Waals surface area contributed by atoms with Gasteiger partial charge in [0.15, 0.2) is 0 Å². The molecule has 0 saturated carbocycles. The number of aryl methyl sites for hydroxylation is 1. The molecule has 0 aromatic carbocycles. The van der Waals surface area contributed by atoms with Crippen molar-refractivity contribution in [3.05, 3.63) is 5.82 Å². The van der Waals surface area contributed by atoms with Crippen LogP contribution < -0.4 is 15.5 Å². The van der Waals surface area contributed by atoms with Crippen LogP contribution in [0.5, 0.6) is 0 Å². The summed E-state index contributed by atoms with van der Waals surface area (Å²) in [5, 5.41) is 0. The van der Waals surface area contributed by atoms with E-state index in [1.807, 2.05) is 30.8 Å². The van der Waals surface area contributed by atoms with Gasteiger partial charge in [-0.3, -0.25) is 4.79 Å². The molecule has 1 aliphatic rings. The average Bonchev–Trinajstić information content (AvgIpc) is 2.76. The van der Waals surface area contributed by atoms with Crippen LogP contribution in [0.2, 0.25) is 0 Å². The summed E-state index contributed by atoms with van der Waals surface area (Å²) in [7, 11) is 3.74. The summed E-state index contributed by atoms with van der Waals surface area (Å²) >= 11 is 0. The second-order valence-corrected chi connectivity index (χ2v) is 4.63. The Labute approximate surface area is 106 Å². The summed E-state index contributed by atoms with van der Waals surface area (Å²) in [6.45, 7) is 2.57. The molecule has 7 heteroatoms. The summed E-state index contributed by atoms with van der Waals surface area (Å²) in [6.07, 6.45) is 1.69. The monoisotopic (exact) mass is 250 g/mol. The molecule has 18 heavy (non-hydrogen) atoms. The molecule has 1 aliphatic heterocycles. The fourth-order valence-electron chi connectivity index (χ4n) is 2.08. The number of carbonyl (C=O) groups excluding carboxylic acids is 1. The Hall–Kier alpha value is -1.92. The van der Waals surface area contributed by atoms with Crippen molar-refractivity contribution in [2.24, 2.45) is 5.73 Å². The second-order valence-electron chi connectivity index (χ2n) is 4.63. The molecular weight excluding hydrogens is 232 g/mol. The SMILES string of the molecule is Cc1nc(N(C)C)nc(N2CCCC2C(N)=O)n1. The first-order chi connectivity index (χ1) is 8.49. The van der Waals surface area contributed by atoms with Crippen LogP contribution in [0.15, 0.2) is 0 Å². The maximum absolute atomic E-state index is 11.4. The van der Waals surface area contributed by atoms with Crippen LogP contribution in [0.25, 0.3) is 0 Å². The maximum Gasteiger partial charge on any atom is 0.240 e. The van der Waals surface area contributed by atoms with Gasteiger partial charge in [-0.25, -0.2) is 0 Å². The van der Waals surface area contributed by atoms with E-state index in [9.17, 15) is 4.79 Å². The molecule has 1 fully saturated rings. The lowest BCUT2D eigenvalue weighted by atomic mass is 10.2. The van der Waals surface area contributed by atoms with Crippen molar-refractivity contribution in [1.29, 1.82) is 0 Å². The van der Waals surface area contributed by atoms with Gasteiger partial charge in [0.2, 0.25) is 17.8 Å². The number of amides is 1. The third kappa shape index (κ3) is 2.34. The molecule has 0 radical (unpaired) electrons. The van der Waals surface area contributed by atoms with Crippen molar-refractivity contribution in [2.45, 2.75) is 25.8 Å². The summed E-state index contributed by atoms with van der Waals surface area (Å²) in [5.41, 5.74) is 5.40. The van der Waals surface area contributed by atoms with Gasteiger partial charge in [0.1, 0.15) is 11.9 Å². The normalized spacial score (nSPS) is 19.1. The highest BCUT2D eigenvalue weighted by atomic mass is 16.1. The Morgan fingerprint density at radius 3 is 2.72 bits per heavy atom. The summed E-state index contributed by atoms with van der Waals surface area (Å²) in [5.74, 6) is 1.44. The van der Waals surface area contributed by atoms with Gasteiger partial charge in [-0.1, -0.05) is 0 Å². The highest BCUT2D eigenvalue weighted by Gasteiger charge is 2.31. The van der Waals surface area contributed by atoms with Crippen LogP contribution in [0.4, 0.5) is 11.9 Å². The van der Waals surface area contributed by atoms with Gasteiger partial charge >= 0.3 is 0 Å². The minimum Gasteiger partial charge on any atom is -0.368 e. The lowest BCUT2D eigenvalue weighted by Gasteiger charge is -2.23. The van der Waals surface area contributed by atoms with Crippen LogP contribution in [0.3, 0.4) is 0 Å². The van der Waals surface area contributed by atoms with Crippen molar-refractivity contribution in [3.8, 4) is 0 Å². The lowest BCUT2D eigenvalue weighted by molar-refractivity contribution is -0.119. The van der Waals surface area contributed by atoms with Crippen molar-refractivity contribution in [2.75, 3.05) is 30.4 Å². The number of hydrogen-bond acceptors (Lipinski definition) is 6. The standard InChI is InChI=1S/C11H18N6O/c1-7-13-10(16(2)3)15-11(14-7)17-6-4-5-8(17)9(12)18/h8H,4-6H2,1-3H3,(H2,12,18). The number of nitrogens with two attached hydrogens (primary N) is 1. The molecule has 1 atom stereocenters. The molecule has 2 N–H and O–H groups in total. The van der Waals surface area contributed by atoms with Crippen molar-refractivity contribution in [1.82, 2.24) is 15.0 Å². The van der Waals surface area contributed by atoms with Crippen molar-refractivity contribution in [3.63, 3.8) is 0 Å². The summed E-state index contributed by atoms with van der Waals surface area (Å²) < 4.78 is 0. The molecular formula is C11H18N6O. The molecule has 98 valence electrons. The first-order valence-electron chi connectivity index (χ1n) is 5.95. The highest BCUT2D eigenvalue weighted by molar-refractivity contribution is 5.83. The molecule has 7 nitrogen and oxygen atoms in total. The van der Waals surface area contributed by atoms with E-state index in [1.54, 1.807) is 0 Å². The minimum absolute atomic E-state index is 0.304. The molecule has 1 aromatic heterocycles. The predicted octanol–water partition coefficient (Wildman–Crippen LogP) is -0.300. The van der Waals surface area contributed by atoms with E-state index < -0.39 is 0 Å². The van der Waals surface area contributed by atoms with E-state index in [-0.39, 0.29) is 11.9 Å². The van der Waals surface area contributed by atoms with E-state index in [2.05, 4.69) is 15.0 Å². The second kappa shape index (κ2) is 4.75. The fourth-order valence-corrected chi connectivity index (χ4v) is 2.08. The fraction of sp³-hybridized carbons (Fsp3) is 0.636. The molecule has 1 aromatic rings. The Morgan fingerprint density at radius 1 is 1.39 bits per heavy atom. The number of hydrogen-bond donors (Lipinski definition) is 1. The molecule has 2 rings (SSSR count). The number of nitrogens with zero attached hydrogens (tertiary/aromatic N) is 5. The van der Waals surface area contributed by atoms with Gasteiger partial charge < -0.3 is 15.5 Å². The highest BCUT2D eigenvalue weighted by Crippen LogP contribution is 2.23. The maximum atomic E-state index is 11.4. The van der Waals surface area contributed by atoms with Crippen LogP contribution in [-0.2, 0) is 4.79 Å². The number of primary amides is 1.